The Morgan fingerprint density at radius 1 is 1.12 bits per heavy atom. The van der Waals surface area contributed by atoms with Gasteiger partial charge in [0, 0.05) is 18.0 Å². The average Bonchev–Trinajstić information content (AvgIpc) is 3.24. The summed E-state index contributed by atoms with van der Waals surface area (Å²) in [4.78, 5) is 0. The van der Waals surface area contributed by atoms with Crippen molar-refractivity contribution in [2.75, 3.05) is 12.8 Å². The van der Waals surface area contributed by atoms with Crippen molar-refractivity contribution in [1.82, 2.24) is 10.0 Å². The maximum atomic E-state index is 11.8. The third-order valence-electron chi connectivity index (χ3n) is 11.7. The van der Waals surface area contributed by atoms with Gasteiger partial charge in [-0.15, -0.1) is 0 Å². The number of nitrogens with one attached hydrogen (secondary N) is 2. The highest BCUT2D eigenvalue weighted by molar-refractivity contribution is 7.88. The summed E-state index contributed by atoms with van der Waals surface area (Å²) < 4.78 is 33.6. The number of rotatable bonds is 2. The van der Waals surface area contributed by atoms with E-state index < -0.39 is 10.0 Å². The molecule has 1 spiro atoms. The first kappa shape index (κ1) is 23.9. The van der Waals surface area contributed by atoms with Crippen molar-refractivity contribution in [2.45, 2.75) is 115 Å². The Bertz CT molecular complexity index is 963. The molecule has 2 unspecified atom stereocenters. The number of sulfonamides is 1. The van der Waals surface area contributed by atoms with Gasteiger partial charge >= 0.3 is 0 Å². The van der Waals surface area contributed by atoms with E-state index in [1.165, 1.54) is 57.6 Å². The Hall–Kier alpha value is -0.430. The van der Waals surface area contributed by atoms with Crippen molar-refractivity contribution in [3.05, 3.63) is 11.1 Å². The van der Waals surface area contributed by atoms with E-state index in [1.54, 1.807) is 11.1 Å². The van der Waals surface area contributed by atoms with E-state index in [9.17, 15) is 8.42 Å². The molecule has 0 aromatic heterocycles. The number of allylic oxidation sites excluding steroid dienone is 1. The number of ether oxygens (including phenoxy) is 1. The van der Waals surface area contributed by atoms with E-state index in [0.29, 0.717) is 29.4 Å². The van der Waals surface area contributed by atoms with Gasteiger partial charge in [0.05, 0.1) is 18.0 Å². The molecule has 0 aromatic rings. The van der Waals surface area contributed by atoms with Gasteiger partial charge < -0.3 is 10.1 Å². The van der Waals surface area contributed by atoms with E-state index in [4.69, 9.17) is 4.74 Å². The molecule has 192 valence electrons. The van der Waals surface area contributed by atoms with Crippen LogP contribution in [0.5, 0.6) is 0 Å². The van der Waals surface area contributed by atoms with Crippen LogP contribution in [0.2, 0.25) is 0 Å². The van der Waals surface area contributed by atoms with Gasteiger partial charge in [-0.25, -0.2) is 13.1 Å². The average molecular weight is 491 g/mol. The minimum atomic E-state index is -3.12. The van der Waals surface area contributed by atoms with Gasteiger partial charge in [0.2, 0.25) is 10.0 Å². The van der Waals surface area contributed by atoms with Crippen molar-refractivity contribution < 1.29 is 13.2 Å². The van der Waals surface area contributed by atoms with Crippen LogP contribution in [0.15, 0.2) is 11.1 Å². The number of hydrogen-bond donors (Lipinski definition) is 2. The summed E-state index contributed by atoms with van der Waals surface area (Å²) in [5, 5.41) is 3.80. The van der Waals surface area contributed by atoms with E-state index in [-0.39, 0.29) is 11.6 Å². The monoisotopic (exact) mass is 490 g/mol. The molecule has 0 radical (unpaired) electrons. The van der Waals surface area contributed by atoms with Crippen LogP contribution in [0.25, 0.3) is 0 Å². The first-order valence-electron chi connectivity index (χ1n) is 14.2. The molecule has 0 bridgehead atoms. The lowest BCUT2D eigenvalue weighted by atomic mass is 9.52. The lowest BCUT2D eigenvalue weighted by molar-refractivity contribution is -0.0712. The Balaban J connectivity index is 1.23. The lowest BCUT2D eigenvalue weighted by Gasteiger charge is -2.54. The molecule has 5 fully saturated rings. The molecule has 2 heterocycles. The smallest absolute Gasteiger partial charge is 0.208 e. The van der Waals surface area contributed by atoms with Crippen LogP contribution in [0.4, 0.5) is 0 Å². The molecule has 6 rings (SSSR count). The second-order valence-corrected chi connectivity index (χ2v) is 15.2. The van der Waals surface area contributed by atoms with Gasteiger partial charge in [0.15, 0.2) is 0 Å². The van der Waals surface area contributed by atoms with Crippen LogP contribution in [0.1, 0.15) is 91.4 Å². The molecule has 2 N–H and O–H groups in total. The van der Waals surface area contributed by atoms with Gasteiger partial charge in [0.1, 0.15) is 0 Å². The zero-order valence-corrected chi connectivity index (χ0v) is 22.6. The molecular formula is C28H46N2O3S. The zero-order valence-electron chi connectivity index (χ0n) is 21.7. The quantitative estimate of drug-likeness (QED) is 0.547. The van der Waals surface area contributed by atoms with Crippen molar-refractivity contribution >= 4 is 10.0 Å². The first-order chi connectivity index (χ1) is 16.1. The Morgan fingerprint density at radius 3 is 2.71 bits per heavy atom. The maximum absolute atomic E-state index is 11.8. The molecule has 2 saturated heterocycles. The minimum Gasteiger partial charge on any atom is -0.369 e. The molecule has 0 amide bonds. The fourth-order valence-electron chi connectivity index (χ4n) is 10.0. The predicted molar refractivity (Wildman–Crippen MR) is 136 cm³/mol. The highest BCUT2D eigenvalue weighted by Gasteiger charge is 2.59. The van der Waals surface area contributed by atoms with Gasteiger partial charge in [0.25, 0.3) is 0 Å². The summed E-state index contributed by atoms with van der Waals surface area (Å²) in [5.74, 6) is 3.59. The maximum Gasteiger partial charge on any atom is 0.208 e. The van der Waals surface area contributed by atoms with Crippen LogP contribution in [-0.4, -0.2) is 45.0 Å². The Labute approximate surface area is 207 Å². The summed E-state index contributed by atoms with van der Waals surface area (Å²) in [6, 6.07) is 0.678. The molecule has 5 nitrogen and oxygen atoms in total. The summed E-state index contributed by atoms with van der Waals surface area (Å²) >= 11 is 0. The highest BCUT2D eigenvalue weighted by atomic mass is 32.2. The first-order valence-corrected chi connectivity index (χ1v) is 16.1. The molecule has 4 aliphatic carbocycles. The van der Waals surface area contributed by atoms with Crippen LogP contribution >= 0.6 is 0 Å². The van der Waals surface area contributed by atoms with Crippen LogP contribution in [0, 0.1) is 35.0 Å². The highest BCUT2D eigenvalue weighted by Crippen LogP contribution is 2.65. The van der Waals surface area contributed by atoms with E-state index in [0.717, 1.165) is 43.6 Å². The predicted octanol–water partition coefficient (Wildman–Crippen LogP) is 4.78. The number of hydrogen-bond acceptors (Lipinski definition) is 4. The molecule has 3 saturated carbocycles. The molecule has 6 aliphatic rings. The summed E-state index contributed by atoms with van der Waals surface area (Å²) in [7, 11) is -3.12. The number of piperidine rings is 1. The Morgan fingerprint density at radius 2 is 1.94 bits per heavy atom. The van der Waals surface area contributed by atoms with Gasteiger partial charge in [-0.2, -0.15) is 0 Å². The second-order valence-electron chi connectivity index (χ2n) is 13.4. The SMILES string of the molecule is CC1=C2CC3[C@@H](CC[C@@H]4C[C@@H](NS(C)(=O)=O)CC[C@]34C)C2CC[C@@]2(C1)O[C@@H]1CCCN[C@H]1[C@H]2C. The van der Waals surface area contributed by atoms with Crippen LogP contribution in [-0.2, 0) is 14.8 Å². The molecule has 2 aliphatic heterocycles. The molecule has 6 heteroatoms. The second kappa shape index (κ2) is 8.29. The van der Waals surface area contributed by atoms with Crippen molar-refractivity contribution in [1.29, 1.82) is 0 Å². The zero-order chi connectivity index (χ0) is 23.9. The van der Waals surface area contributed by atoms with E-state index in [1.807, 2.05) is 0 Å². The minimum absolute atomic E-state index is 0.0417. The van der Waals surface area contributed by atoms with Crippen LogP contribution < -0.4 is 10.0 Å². The molecular weight excluding hydrogens is 444 g/mol. The normalized spacial score (nSPS) is 50.9. The lowest BCUT2D eigenvalue weighted by Crippen LogP contribution is -2.50. The van der Waals surface area contributed by atoms with Crippen LogP contribution in [0.3, 0.4) is 0 Å². The van der Waals surface area contributed by atoms with Gasteiger partial charge in [-0.1, -0.05) is 25.0 Å². The molecule has 0 aromatic carbocycles. The fraction of sp³-hybridized carbons (Fsp3) is 0.929. The van der Waals surface area contributed by atoms with E-state index >= 15 is 0 Å². The summed E-state index contributed by atoms with van der Waals surface area (Å²) in [6.07, 6.45) is 14.9. The van der Waals surface area contributed by atoms with E-state index in [2.05, 4.69) is 30.8 Å². The standard InChI is InChI=1S/C28H46N2O3S/c1-17-16-28(18(2)26-25(33-28)6-5-13-29-26)12-10-21-22-8-7-19-14-20(30-34(4,31)32)9-11-27(19,3)24(22)15-23(17)21/h18-22,24-26,29-30H,5-16H2,1-4H3/t18-,19-,20+,21?,22+,24?,25-,26+,27+,28+/m1/s1. The largest absolute Gasteiger partial charge is 0.369 e. The van der Waals surface area contributed by atoms with Crippen molar-refractivity contribution in [3.8, 4) is 0 Å². The third-order valence-corrected chi connectivity index (χ3v) is 12.5. The van der Waals surface area contributed by atoms with Crippen molar-refractivity contribution in [2.24, 2.45) is 35.0 Å². The topological polar surface area (TPSA) is 67.4 Å². The summed E-state index contributed by atoms with van der Waals surface area (Å²) in [6.45, 7) is 8.61. The molecule has 10 atom stereocenters. The molecule has 34 heavy (non-hydrogen) atoms. The van der Waals surface area contributed by atoms with Gasteiger partial charge in [-0.05, 0) is 113 Å². The van der Waals surface area contributed by atoms with Gasteiger partial charge in [-0.3, -0.25) is 0 Å². The van der Waals surface area contributed by atoms with Crippen molar-refractivity contribution in [3.63, 3.8) is 0 Å². The Kier molecular flexibility index (Phi) is 5.84. The fourth-order valence-corrected chi connectivity index (χ4v) is 10.9. The third kappa shape index (κ3) is 3.76. The summed E-state index contributed by atoms with van der Waals surface area (Å²) in [5.41, 5.74) is 3.85. The number of fused-ring (bicyclic) bond motifs is 6.